The van der Waals surface area contributed by atoms with Crippen molar-refractivity contribution < 1.29 is 81.6 Å². The third-order valence-corrected chi connectivity index (χ3v) is 15.3. The number of carbonyl (C=O) groups excluding carboxylic acids is 5. The Balaban J connectivity index is 1.31. The average molecular weight is 1060 g/mol. The Hall–Kier alpha value is -4.93. The molecule has 0 bridgehead atoms. The first-order valence-electron chi connectivity index (χ1n) is 26.6. The molecule has 75 heavy (non-hydrogen) atoms. The van der Waals surface area contributed by atoms with E-state index in [4.69, 9.17) is 47.4 Å². The van der Waals surface area contributed by atoms with Gasteiger partial charge in [-0.3, -0.25) is 14.4 Å². The molecule has 2 aromatic rings. The smallest absolute Gasteiger partial charge is 0.407 e. The van der Waals surface area contributed by atoms with Crippen LogP contribution in [0.15, 0.2) is 60.7 Å². The Morgan fingerprint density at radius 3 is 1.75 bits per heavy atom. The summed E-state index contributed by atoms with van der Waals surface area (Å²) in [7, 11) is 0. The van der Waals surface area contributed by atoms with E-state index in [1.54, 1.807) is 6.92 Å². The van der Waals surface area contributed by atoms with Crippen molar-refractivity contribution in [3.8, 4) is 0 Å². The van der Waals surface area contributed by atoms with Gasteiger partial charge >= 0.3 is 24.1 Å². The van der Waals surface area contributed by atoms with Gasteiger partial charge in [0.1, 0.15) is 43.7 Å². The highest BCUT2D eigenvalue weighted by Crippen LogP contribution is 2.42. The van der Waals surface area contributed by atoms with Crippen LogP contribution in [-0.2, 0) is 75.0 Å². The maximum absolute atomic E-state index is 13.9. The molecule has 3 aliphatic heterocycles. The van der Waals surface area contributed by atoms with E-state index in [0.29, 0.717) is 12.8 Å². The second kappa shape index (κ2) is 27.9. The predicted molar refractivity (Wildman–Crippen MR) is 270 cm³/mol. The average Bonchev–Trinajstić information content (AvgIpc) is 3.70. The van der Waals surface area contributed by atoms with Gasteiger partial charge < -0.3 is 73.5 Å². The van der Waals surface area contributed by atoms with Crippen LogP contribution in [0.1, 0.15) is 106 Å². The highest BCUT2D eigenvalue weighted by atomic mass is 16.8. The van der Waals surface area contributed by atoms with Gasteiger partial charge in [0, 0.05) is 50.1 Å². The molecule has 5 N–H and O–H groups in total. The first-order chi connectivity index (χ1) is 35.8. The summed E-state index contributed by atoms with van der Waals surface area (Å²) in [6.07, 6.45) is -12.3. The number of esters is 2. The highest BCUT2D eigenvalue weighted by molar-refractivity contribution is 5.78. The van der Waals surface area contributed by atoms with Crippen LogP contribution in [-0.4, -0.2) is 139 Å². The summed E-state index contributed by atoms with van der Waals surface area (Å²) in [4.78, 5) is 66.1. The van der Waals surface area contributed by atoms with Crippen molar-refractivity contribution in [3.05, 3.63) is 71.8 Å². The zero-order chi connectivity index (χ0) is 54.5. The van der Waals surface area contributed by atoms with Crippen molar-refractivity contribution in [2.45, 2.75) is 194 Å². The van der Waals surface area contributed by atoms with Gasteiger partial charge in [-0.2, -0.15) is 0 Å². The number of alkyl carbamates (subject to hydrolysis) is 2. The minimum Gasteiger partial charge on any atom is -0.459 e. The van der Waals surface area contributed by atoms with Gasteiger partial charge in [0.15, 0.2) is 25.0 Å². The molecule has 2 aromatic carbocycles. The summed E-state index contributed by atoms with van der Waals surface area (Å²) in [6, 6.07) is 16.8. The minimum atomic E-state index is -1.41. The van der Waals surface area contributed by atoms with E-state index in [1.807, 2.05) is 95.3 Å². The van der Waals surface area contributed by atoms with E-state index in [0.717, 1.165) is 17.5 Å². The number of aliphatic hydroxyl groups is 2. The van der Waals surface area contributed by atoms with Crippen LogP contribution in [0, 0.1) is 35.5 Å². The Morgan fingerprint density at radius 1 is 0.613 bits per heavy atom. The molecule has 418 valence electrons. The predicted octanol–water partition coefficient (Wildman–Crippen LogP) is 5.67. The molecule has 20 nitrogen and oxygen atoms in total. The quantitative estimate of drug-likeness (QED) is 0.0746. The molecule has 20 heteroatoms. The van der Waals surface area contributed by atoms with Gasteiger partial charge in [0.05, 0.1) is 31.0 Å². The van der Waals surface area contributed by atoms with Gasteiger partial charge in [-0.05, 0) is 42.2 Å². The molecule has 20 atom stereocenters. The number of aliphatic hydroxyl groups excluding tert-OH is 2. The van der Waals surface area contributed by atoms with E-state index in [9.17, 15) is 34.2 Å². The van der Waals surface area contributed by atoms with E-state index >= 15 is 0 Å². The number of nitrogens with one attached hydrogen (secondary N) is 3. The normalized spacial score (nSPS) is 35.1. The van der Waals surface area contributed by atoms with Crippen molar-refractivity contribution in [2.24, 2.45) is 35.5 Å². The third-order valence-electron chi connectivity index (χ3n) is 15.3. The molecule has 0 radical (unpaired) electrons. The number of rotatable bonds is 21. The van der Waals surface area contributed by atoms with Crippen molar-refractivity contribution in [2.75, 3.05) is 13.2 Å². The molecule has 0 aromatic heterocycles. The summed E-state index contributed by atoms with van der Waals surface area (Å²) in [5, 5.41) is 30.6. The fourth-order valence-corrected chi connectivity index (χ4v) is 10.5. The molecular weight excluding hydrogens is 975 g/mol. The van der Waals surface area contributed by atoms with Crippen molar-refractivity contribution in [3.63, 3.8) is 0 Å². The van der Waals surface area contributed by atoms with Gasteiger partial charge in [0.25, 0.3) is 0 Å². The lowest BCUT2D eigenvalue weighted by Gasteiger charge is -2.49. The fourth-order valence-electron chi connectivity index (χ4n) is 10.5. The second-order valence-electron chi connectivity index (χ2n) is 20.8. The fraction of sp³-hybridized carbons (Fsp3) is 0.691. The standard InChI is InChI=1S/C55H81N3O17/c1-11-19-29(3)50(63)57-39-24-40(58-55(65)67-28-38-22-17-14-18-23-38)47(74-52-34(8)45(68-35(9)60)44(62)43(26-59)72-52)46(33(39)7)73-53-49(69-36(10)61)48(41(12-2)70-53)75-51-32(6)30(4)31(5)42(71-51)25-56-54(64)66-27-37-20-15-13-16-21-37/h13-18,20-23,29-34,39-49,51-53,59,62H,11-12,19,24-28H2,1-10H3,(H,56,64)(H,57,63)(H,58,65)/t29-,30-,31-,32+,33-,34+,39+,40-,41+,42-,43+,44+,45+,46+,47+,48+,49+,51+,52+,53-/m0/s1. The SMILES string of the molecule is CCC[C@H](C)C(=O)N[C@@H]1C[C@H](NC(=O)OCc2ccccc2)[C@@H](O[C@H]2O[C@H](CO)[C@@H](O)[C@H](OC(C)=O)[C@H]2C)[C@H](O[C@@H]2O[C@H](CC)[C@@H](O[C@H]3O[C@@H](CNC(=O)OCc4ccccc4)[C@@H](C)[C@H](C)[C@H]3C)[C@H]2OC(C)=O)[C@H]1C. The van der Waals surface area contributed by atoms with Crippen LogP contribution < -0.4 is 16.0 Å². The largest absolute Gasteiger partial charge is 0.459 e. The lowest BCUT2D eigenvalue weighted by Crippen LogP contribution is -2.66. The second-order valence-corrected chi connectivity index (χ2v) is 20.8. The molecule has 3 saturated heterocycles. The monoisotopic (exact) mass is 1060 g/mol. The lowest BCUT2D eigenvalue weighted by molar-refractivity contribution is -0.320. The molecule has 4 aliphatic rings. The molecule has 4 fully saturated rings. The Bertz CT molecular complexity index is 2140. The molecule has 0 spiro atoms. The first kappa shape index (κ1) is 59.3. The van der Waals surface area contributed by atoms with E-state index in [1.165, 1.54) is 13.8 Å². The summed E-state index contributed by atoms with van der Waals surface area (Å²) in [5.74, 6) is -3.44. The van der Waals surface area contributed by atoms with Crippen LogP contribution in [0.5, 0.6) is 0 Å². The maximum Gasteiger partial charge on any atom is 0.407 e. The number of amides is 3. The van der Waals surface area contributed by atoms with Crippen LogP contribution >= 0.6 is 0 Å². The summed E-state index contributed by atoms with van der Waals surface area (Å²) in [5.41, 5.74) is 1.59. The zero-order valence-electron chi connectivity index (χ0n) is 45.0. The van der Waals surface area contributed by atoms with Crippen molar-refractivity contribution in [1.29, 1.82) is 0 Å². The van der Waals surface area contributed by atoms with Gasteiger partial charge in [-0.25, -0.2) is 9.59 Å². The topological polar surface area (TPSA) is 254 Å². The minimum absolute atomic E-state index is 0.00666. The van der Waals surface area contributed by atoms with Crippen LogP contribution in [0.25, 0.3) is 0 Å². The van der Waals surface area contributed by atoms with Crippen molar-refractivity contribution in [1.82, 2.24) is 16.0 Å². The Kier molecular flexibility index (Phi) is 22.1. The number of benzene rings is 2. The Morgan fingerprint density at radius 2 is 1.16 bits per heavy atom. The number of ether oxygens (including phenoxy) is 10. The van der Waals surface area contributed by atoms with Crippen LogP contribution in [0.4, 0.5) is 9.59 Å². The number of carbonyl (C=O) groups is 5. The van der Waals surface area contributed by atoms with Gasteiger partial charge in [0.2, 0.25) is 5.91 Å². The van der Waals surface area contributed by atoms with E-state index in [2.05, 4.69) is 29.8 Å². The first-order valence-corrected chi connectivity index (χ1v) is 26.6. The van der Waals surface area contributed by atoms with Gasteiger partial charge in [-0.15, -0.1) is 0 Å². The molecular formula is C55H81N3O17. The van der Waals surface area contributed by atoms with Crippen molar-refractivity contribution >= 4 is 30.0 Å². The number of hydrogen-bond acceptors (Lipinski definition) is 17. The molecule has 1 aliphatic carbocycles. The third kappa shape index (κ3) is 15.6. The zero-order valence-corrected chi connectivity index (χ0v) is 45.0. The molecule has 3 amide bonds. The van der Waals surface area contributed by atoms with Crippen LogP contribution in [0.3, 0.4) is 0 Å². The molecule has 3 heterocycles. The highest BCUT2D eigenvalue weighted by Gasteiger charge is 2.56. The summed E-state index contributed by atoms with van der Waals surface area (Å²) >= 11 is 0. The van der Waals surface area contributed by atoms with Gasteiger partial charge in [-0.1, -0.05) is 122 Å². The maximum atomic E-state index is 13.9. The van der Waals surface area contributed by atoms with E-state index < -0.39 is 128 Å². The Labute approximate surface area is 440 Å². The molecule has 1 saturated carbocycles. The molecule has 6 rings (SSSR count). The summed E-state index contributed by atoms with van der Waals surface area (Å²) in [6.45, 7) is 17.4. The lowest BCUT2D eigenvalue weighted by atomic mass is 9.77. The van der Waals surface area contributed by atoms with E-state index in [-0.39, 0.29) is 55.8 Å². The van der Waals surface area contributed by atoms with Crippen LogP contribution in [0.2, 0.25) is 0 Å². The summed E-state index contributed by atoms with van der Waals surface area (Å²) < 4.78 is 63.2. The number of hydrogen-bond donors (Lipinski definition) is 5. The molecule has 0 unspecified atom stereocenters.